The molecule has 0 aromatic heterocycles. The van der Waals surface area contributed by atoms with Gasteiger partial charge in [-0.3, -0.25) is 4.79 Å². The van der Waals surface area contributed by atoms with Gasteiger partial charge in [0.15, 0.2) is 0 Å². The van der Waals surface area contributed by atoms with Crippen LogP contribution >= 0.6 is 27.5 Å². The van der Waals surface area contributed by atoms with Gasteiger partial charge in [-0.25, -0.2) is 0 Å². The molecule has 5 heteroatoms. The van der Waals surface area contributed by atoms with E-state index in [-0.39, 0.29) is 18.5 Å². The third-order valence-electron chi connectivity index (χ3n) is 2.50. The highest BCUT2D eigenvalue weighted by Crippen LogP contribution is 2.25. The maximum absolute atomic E-state index is 11.7. The van der Waals surface area contributed by atoms with Gasteiger partial charge in [-0.1, -0.05) is 24.9 Å². The molecule has 0 aliphatic heterocycles. The highest BCUT2D eigenvalue weighted by atomic mass is 79.9. The maximum Gasteiger partial charge on any atom is 0.239 e. The van der Waals surface area contributed by atoms with Crippen LogP contribution in [-0.4, -0.2) is 18.5 Å². The molecule has 0 aliphatic rings. The number of benzene rings is 1. The topological polar surface area (TPSA) is 41.1 Å². The van der Waals surface area contributed by atoms with Gasteiger partial charge in [0.2, 0.25) is 5.91 Å². The predicted octanol–water partition coefficient (Wildman–Crippen LogP) is 3.82. The quantitative estimate of drug-likeness (QED) is 0.831. The van der Waals surface area contributed by atoms with Crippen molar-refractivity contribution in [3.05, 3.63) is 27.7 Å². The standard InChI is InChI=1S/C13H18BrClN2O/c1-3-4-9(2)17-13(18)8-16-12-6-5-10(15)7-11(12)14/h5-7,9,16H,3-4,8H2,1-2H3,(H,17,18). The highest BCUT2D eigenvalue weighted by Gasteiger charge is 2.07. The molecule has 0 bridgehead atoms. The Morgan fingerprint density at radius 2 is 2.22 bits per heavy atom. The molecule has 0 aliphatic carbocycles. The molecule has 1 aromatic carbocycles. The summed E-state index contributed by atoms with van der Waals surface area (Å²) in [5.41, 5.74) is 0.859. The number of hydrogen-bond donors (Lipinski definition) is 2. The first-order valence-corrected chi connectivity index (χ1v) is 7.18. The zero-order valence-corrected chi connectivity index (χ0v) is 12.9. The number of amides is 1. The Balaban J connectivity index is 2.42. The van der Waals surface area contributed by atoms with Crippen LogP contribution in [0.4, 0.5) is 5.69 Å². The first kappa shape index (κ1) is 15.3. The molecule has 3 nitrogen and oxygen atoms in total. The Kier molecular flexibility index (Phi) is 6.50. The minimum absolute atomic E-state index is 0.00204. The number of carbonyl (C=O) groups excluding carboxylic acids is 1. The molecule has 100 valence electrons. The zero-order valence-electron chi connectivity index (χ0n) is 10.6. The van der Waals surface area contributed by atoms with Crippen LogP contribution in [0.1, 0.15) is 26.7 Å². The van der Waals surface area contributed by atoms with Crippen LogP contribution in [0.25, 0.3) is 0 Å². The lowest BCUT2D eigenvalue weighted by Gasteiger charge is -2.14. The molecule has 1 amide bonds. The lowest BCUT2D eigenvalue weighted by Crippen LogP contribution is -2.36. The molecule has 1 aromatic rings. The van der Waals surface area contributed by atoms with Gasteiger partial charge < -0.3 is 10.6 Å². The van der Waals surface area contributed by atoms with Gasteiger partial charge >= 0.3 is 0 Å². The predicted molar refractivity (Wildman–Crippen MR) is 80.2 cm³/mol. The summed E-state index contributed by atoms with van der Waals surface area (Å²) in [6.45, 7) is 4.37. The molecule has 1 rings (SSSR count). The van der Waals surface area contributed by atoms with Crippen LogP contribution in [0.15, 0.2) is 22.7 Å². The summed E-state index contributed by atoms with van der Waals surface area (Å²) in [4.78, 5) is 11.7. The minimum Gasteiger partial charge on any atom is -0.375 e. The first-order chi connectivity index (χ1) is 8.52. The van der Waals surface area contributed by atoms with Gasteiger partial charge in [-0.15, -0.1) is 0 Å². The molecule has 0 spiro atoms. The number of nitrogens with one attached hydrogen (secondary N) is 2. The summed E-state index contributed by atoms with van der Waals surface area (Å²) < 4.78 is 0.851. The summed E-state index contributed by atoms with van der Waals surface area (Å²) in [5, 5.41) is 6.67. The van der Waals surface area contributed by atoms with E-state index in [1.807, 2.05) is 13.0 Å². The van der Waals surface area contributed by atoms with Crippen molar-refractivity contribution < 1.29 is 4.79 Å². The van der Waals surface area contributed by atoms with Crippen molar-refractivity contribution in [1.29, 1.82) is 0 Å². The minimum atomic E-state index is -0.00204. The highest BCUT2D eigenvalue weighted by molar-refractivity contribution is 9.10. The Bertz CT molecular complexity index is 412. The van der Waals surface area contributed by atoms with E-state index in [9.17, 15) is 4.79 Å². The average molecular weight is 334 g/mol. The van der Waals surface area contributed by atoms with E-state index in [1.165, 1.54) is 0 Å². The molecule has 18 heavy (non-hydrogen) atoms. The van der Waals surface area contributed by atoms with Gasteiger partial charge in [-0.05, 0) is 47.5 Å². The fourth-order valence-electron chi connectivity index (χ4n) is 1.64. The van der Waals surface area contributed by atoms with E-state index >= 15 is 0 Å². The van der Waals surface area contributed by atoms with Gasteiger partial charge in [-0.2, -0.15) is 0 Å². The largest absolute Gasteiger partial charge is 0.375 e. The normalized spacial score (nSPS) is 12.0. The summed E-state index contributed by atoms with van der Waals surface area (Å²) >= 11 is 9.24. The van der Waals surface area contributed by atoms with Crippen molar-refractivity contribution in [1.82, 2.24) is 5.32 Å². The van der Waals surface area contributed by atoms with Crippen molar-refractivity contribution >= 4 is 39.1 Å². The third kappa shape index (κ3) is 5.27. The molecular weight excluding hydrogens is 316 g/mol. The number of halogens is 2. The molecule has 1 atom stereocenters. The van der Waals surface area contributed by atoms with Crippen molar-refractivity contribution in [2.75, 3.05) is 11.9 Å². The molecule has 2 N–H and O–H groups in total. The zero-order chi connectivity index (χ0) is 13.5. The van der Waals surface area contributed by atoms with Crippen LogP contribution < -0.4 is 10.6 Å². The molecule has 0 heterocycles. The Morgan fingerprint density at radius 3 is 2.83 bits per heavy atom. The monoisotopic (exact) mass is 332 g/mol. The van der Waals surface area contributed by atoms with Crippen LogP contribution in [0, 0.1) is 0 Å². The summed E-state index contributed by atoms with van der Waals surface area (Å²) in [7, 11) is 0. The average Bonchev–Trinajstić information content (AvgIpc) is 2.28. The fourth-order valence-corrected chi connectivity index (χ4v) is 2.46. The molecule has 0 saturated heterocycles. The van der Waals surface area contributed by atoms with E-state index in [2.05, 4.69) is 33.5 Å². The van der Waals surface area contributed by atoms with Crippen molar-refractivity contribution in [3.8, 4) is 0 Å². The summed E-state index contributed by atoms with van der Waals surface area (Å²) in [5.74, 6) is -0.00204. The molecule has 0 radical (unpaired) electrons. The molecule has 0 fully saturated rings. The number of rotatable bonds is 6. The van der Waals surface area contributed by atoms with Gasteiger partial charge in [0.1, 0.15) is 0 Å². The fraction of sp³-hybridized carbons (Fsp3) is 0.462. The van der Waals surface area contributed by atoms with Gasteiger partial charge in [0.05, 0.1) is 6.54 Å². The number of anilines is 1. The second-order valence-electron chi connectivity index (χ2n) is 4.23. The Hall–Kier alpha value is -0.740. The van der Waals surface area contributed by atoms with E-state index < -0.39 is 0 Å². The first-order valence-electron chi connectivity index (χ1n) is 6.01. The van der Waals surface area contributed by atoms with Gasteiger partial charge in [0.25, 0.3) is 0 Å². The molecular formula is C13H18BrClN2O. The summed E-state index contributed by atoms with van der Waals surface area (Å²) in [6.07, 6.45) is 2.06. The number of hydrogen-bond acceptors (Lipinski definition) is 2. The van der Waals surface area contributed by atoms with E-state index in [4.69, 9.17) is 11.6 Å². The van der Waals surface area contributed by atoms with E-state index in [0.717, 1.165) is 23.0 Å². The Labute approximate surface area is 121 Å². The lowest BCUT2D eigenvalue weighted by molar-refractivity contribution is -0.120. The van der Waals surface area contributed by atoms with Crippen LogP contribution in [-0.2, 0) is 4.79 Å². The van der Waals surface area contributed by atoms with E-state index in [1.54, 1.807) is 12.1 Å². The van der Waals surface area contributed by atoms with Crippen LogP contribution in [0.2, 0.25) is 5.02 Å². The molecule has 0 saturated carbocycles. The SMILES string of the molecule is CCCC(C)NC(=O)CNc1ccc(Cl)cc1Br. The van der Waals surface area contributed by atoms with Crippen LogP contribution in [0.3, 0.4) is 0 Å². The Morgan fingerprint density at radius 1 is 1.50 bits per heavy atom. The second kappa shape index (κ2) is 7.64. The smallest absolute Gasteiger partial charge is 0.239 e. The van der Waals surface area contributed by atoms with Gasteiger partial charge in [0, 0.05) is 21.2 Å². The molecule has 1 unspecified atom stereocenters. The van der Waals surface area contributed by atoms with Crippen LogP contribution in [0.5, 0.6) is 0 Å². The second-order valence-corrected chi connectivity index (χ2v) is 5.53. The summed E-state index contributed by atoms with van der Waals surface area (Å²) in [6, 6.07) is 5.64. The third-order valence-corrected chi connectivity index (χ3v) is 3.39. The van der Waals surface area contributed by atoms with Crippen molar-refractivity contribution in [2.24, 2.45) is 0 Å². The van der Waals surface area contributed by atoms with Crippen molar-refractivity contribution in [2.45, 2.75) is 32.7 Å². The number of carbonyl (C=O) groups is 1. The lowest BCUT2D eigenvalue weighted by atomic mass is 10.2. The van der Waals surface area contributed by atoms with E-state index in [0.29, 0.717) is 5.02 Å². The van der Waals surface area contributed by atoms with Crippen molar-refractivity contribution in [3.63, 3.8) is 0 Å². The maximum atomic E-state index is 11.7.